The summed E-state index contributed by atoms with van der Waals surface area (Å²) in [7, 11) is 0. The molecule has 4 heteroatoms. The quantitative estimate of drug-likeness (QED) is 0.832. The largest absolute Gasteiger partial charge is 0.389 e. The number of anilines is 1. The summed E-state index contributed by atoms with van der Waals surface area (Å²) in [5.74, 6) is 0. The number of nitrogens with zero attached hydrogens (tertiary/aromatic N) is 1. The summed E-state index contributed by atoms with van der Waals surface area (Å²) < 4.78 is 5.75. The van der Waals surface area contributed by atoms with Crippen LogP contribution in [0.1, 0.15) is 25.0 Å². The van der Waals surface area contributed by atoms with E-state index >= 15 is 0 Å². The SMILES string of the molecule is Cc1cccc(C(N)=S)c1N1CCOC(C)(C)C1. The molecule has 0 saturated carbocycles. The van der Waals surface area contributed by atoms with Crippen LogP contribution in [0, 0.1) is 6.92 Å². The van der Waals surface area contributed by atoms with Crippen molar-refractivity contribution in [1.82, 2.24) is 0 Å². The van der Waals surface area contributed by atoms with Crippen molar-refractivity contribution in [3.63, 3.8) is 0 Å². The highest BCUT2D eigenvalue weighted by Crippen LogP contribution is 2.29. The molecule has 1 heterocycles. The zero-order valence-corrected chi connectivity index (χ0v) is 12.0. The van der Waals surface area contributed by atoms with Gasteiger partial charge in [0, 0.05) is 18.7 Å². The van der Waals surface area contributed by atoms with Gasteiger partial charge in [0.2, 0.25) is 0 Å². The maximum absolute atomic E-state index is 5.83. The van der Waals surface area contributed by atoms with Crippen LogP contribution in [0.25, 0.3) is 0 Å². The molecule has 18 heavy (non-hydrogen) atoms. The van der Waals surface area contributed by atoms with Crippen molar-refractivity contribution in [2.45, 2.75) is 26.4 Å². The second-order valence-electron chi connectivity index (χ2n) is 5.37. The van der Waals surface area contributed by atoms with E-state index < -0.39 is 0 Å². The zero-order chi connectivity index (χ0) is 13.3. The van der Waals surface area contributed by atoms with Gasteiger partial charge >= 0.3 is 0 Å². The summed E-state index contributed by atoms with van der Waals surface area (Å²) in [5.41, 5.74) is 9.02. The van der Waals surface area contributed by atoms with E-state index in [0.29, 0.717) is 4.99 Å². The Morgan fingerprint density at radius 1 is 1.44 bits per heavy atom. The van der Waals surface area contributed by atoms with Gasteiger partial charge in [-0.3, -0.25) is 0 Å². The van der Waals surface area contributed by atoms with Crippen LogP contribution in [-0.4, -0.2) is 30.3 Å². The maximum Gasteiger partial charge on any atom is 0.106 e. The van der Waals surface area contributed by atoms with Crippen LogP contribution >= 0.6 is 12.2 Å². The van der Waals surface area contributed by atoms with E-state index in [1.807, 2.05) is 12.1 Å². The first-order valence-corrected chi connectivity index (χ1v) is 6.60. The molecule has 0 bridgehead atoms. The standard InChI is InChI=1S/C14H20N2OS/c1-10-5-4-6-11(13(15)18)12(10)16-7-8-17-14(2,3)9-16/h4-6H,7-9H2,1-3H3,(H2,15,18). The van der Waals surface area contributed by atoms with E-state index in [4.69, 9.17) is 22.7 Å². The Labute approximate surface area is 114 Å². The van der Waals surface area contributed by atoms with Gasteiger partial charge in [0.05, 0.1) is 17.9 Å². The van der Waals surface area contributed by atoms with Crippen molar-refractivity contribution in [3.05, 3.63) is 29.3 Å². The van der Waals surface area contributed by atoms with Crippen LogP contribution in [0.2, 0.25) is 0 Å². The van der Waals surface area contributed by atoms with Crippen molar-refractivity contribution in [3.8, 4) is 0 Å². The highest BCUT2D eigenvalue weighted by atomic mass is 32.1. The topological polar surface area (TPSA) is 38.5 Å². The number of para-hydroxylation sites is 1. The lowest BCUT2D eigenvalue weighted by Gasteiger charge is -2.40. The third kappa shape index (κ3) is 2.65. The lowest BCUT2D eigenvalue weighted by atomic mass is 10.0. The van der Waals surface area contributed by atoms with Gasteiger partial charge < -0.3 is 15.4 Å². The minimum absolute atomic E-state index is 0.131. The maximum atomic E-state index is 5.83. The number of nitrogens with two attached hydrogens (primary N) is 1. The molecule has 1 saturated heterocycles. The van der Waals surface area contributed by atoms with Crippen LogP contribution in [0.5, 0.6) is 0 Å². The van der Waals surface area contributed by atoms with Crippen molar-refractivity contribution in [2.75, 3.05) is 24.6 Å². The van der Waals surface area contributed by atoms with E-state index in [0.717, 1.165) is 30.9 Å². The molecule has 0 amide bonds. The van der Waals surface area contributed by atoms with E-state index in [-0.39, 0.29) is 5.60 Å². The molecule has 1 aliphatic rings. The fraction of sp³-hybridized carbons (Fsp3) is 0.500. The molecule has 3 nitrogen and oxygen atoms in total. The zero-order valence-electron chi connectivity index (χ0n) is 11.2. The fourth-order valence-corrected chi connectivity index (χ4v) is 2.65. The van der Waals surface area contributed by atoms with Gasteiger partial charge in [-0.05, 0) is 32.4 Å². The molecule has 0 aromatic heterocycles. The Morgan fingerprint density at radius 2 is 2.17 bits per heavy atom. The van der Waals surface area contributed by atoms with Gasteiger partial charge in [0.25, 0.3) is 0 Å². The van der Waals surface area contributed by atoms with Crippen LogP contribution in [0.3, 0.4) is 0 Å². The molecule has 2 rings (SSSR count). The first kappa shape index (κ1) is 13.3. The van der Waals surface area contributed by atoms with Crippen LogP contribution in [-0.2, 0) is 4.74 Å². The highest BCUT2D eigenvalue weighted by molar-refractivity contribution is 7.80. The third-order valence-corrected chi connectivity index (χ3v) is 3.47. The molecule has 2 N–H and O–H groups in total. The average Bonchev–Trinajstić information content (AvgIpc) is 2.27. The predicted molar refractivity (Wildman–Crippen MR) is 79.3 cm³/mol. The van der Waals surface area contributed by atoms with E-state index in [9.17, 15) is 0 Å². The second-order valence-corrected chi connectivity index (χ2v) is 5.80. The molecule has 1 aromatic carbocycles. The lowest BCUT2D eigenvalue weighted by Crippen LogP contribution is -2.49. The van der Waals surface area contributed by atoms with E-state index in [1.165, 1.54) is 5.56 Å². The predicted octanol–water partition coefficient (Wildman–Crippen LogP) is 2.24. The lowest BCUT2D eigenvalue weighted by molar-refractivity contribution is -0.0277. The normalized spacial score (nSPS) is 18.7. The number of benzene rings is 1. The molecule has 0 unspecified atom stereocenters. The summed E-state index contributed by atoms with van der Waals surface area (Å²) in [6, 6.07) is 6.09. The first-order chi connectivity index (χ1) is 8.41. The Morgan fingerprint density at radius 3 is 2.78 bits per heavy atom. The van der Waals surface area contributed by atoms with Gasteiger partial charge in [0.1, 0.15) is 4.99 Å². The molecule has 0 atom stereocenters. The third-order valence-electron chi connectivity index (χ3n) is 3.25. The van der Waals surface area contributed by atoms with Crippen LogP contribution < -0.4 is 10.6 Å². The Bertz CT molecular complexity index is 471. The average molecular weight is 264 g/mol. The fourth-order valence-electron chi connectivity index (χ4n) is 2.48. The molecule has 0 aliphatic carbocycles. The first-order valence-electron chi connectivity index (χ1n) is 6.19. The van der Waals surface area contributed by atoms with E-state index in [1.54, 1.807) is 0 Å². The second kappa shape index (κ2) is 4.86. The minimum Gasteiger partial charge on any atom is -0.389 e. The molecule has 1 fully saturated rings. The molecule has 1 aromatic rings. The number of ether oxygens (including phenoxy) is 1. The number of aryl methyl sites for hydroxylation is 1. The van der Waals surface area contributed by atoms with Crippen molar-refractivity contribution >= 4 is 22.9 Å². The van der Waals surface area contributed by atoms with Gasteiger partial charge in [0.15, 0.2) is 0 Å². The molecule has 0 spiro atoms. The molecule has 1 aliphatic heterocycles. The number of rotatable bonds is 2. The smallest absolute Gasteiger partial charge is 0.106 e. The van der Waals surface area contributed by atoms with Gasteiger partial charge in [-0.2, -0.15) is 0 Å². The molecular weight excluding hydrogens is 244 g/mol. The van der Waals surface area contributed by atoms with E-state index in [2.05, 4.69) is 31.7 Å². The van der Waals surface area contributed by atoms with Gasteiger partial charge in [-0.25, -0.2) is 0 Å². The molecule has 0 radical (unpaired) electrons. The number of thiocarbonyl (C=S) groups is 1. The summed E-state index contributed by atoms with van der Waals surface area (Å²) in [6.07, 6.45) is 0. The summed E-state index contributed by atoms with van der Waals surface area (Å²) in [6.45, 7) is 8.78. The minimum atomic E-state index is -0.131. The monoisotopic (exact) mass is 264 g/mol. The highest BCUT2D eigenvalue weighted by Gasteiger charge is 2.29. The van der Waals surface area contributed by atoms with Crippen molar-refractivity contribution in [1.29, 1.82) is 0 Å². The van der Waals surface area contributed by atoms with Crippen LogP contribution in [0.15, 0.2) is 18.2 Å². The summed E-state index contributed by atoms with van der Waals surface area (Å²) in [5, 5.41) is 0. The Hall–Kier alpha value is -1.13. The number of morpholine rings is 1. The van der Waals surface area contributed by atoms with Crippen LogP contribution in [0.4, 0.5) is 5.69 Å². The summed E-state index contributed by atoms with van der Waals surface area (Å²) >= 11 is 5.16. The molecule has 98 valence electrons. The van der Waals surface area contributed by atoms with Gasteiger partial charge in [-0.15, -0.1) is 0 Å². The van der Waals surface area contributed by atoms with Crippen molar-refractivity contribution in [2.24, 2.45) is 5.73 Å². The van der Waals surface area contributed by atoms with Gasteiger partial charge in [-0.1, -0.05) is 24.4 Å². The summed E-state index contributed by atoms with van der Waals surface area (Å²) in [4.78, 5) is 2.78. The molecular formula is C14H20N2OS. The van der Waals surface area contributed by atoms with Crippen molar-refractivity contribution < 1.29 is 4.74 Å². The number of hydrogen-bond acceptors (Lipinski definition) is 3. The Balaban J connectivity index is 2.41. The Kier molecular flexibility index (Phi) is 3.59. The number of hydrogen-bond donors (Lipinski definition) is 1.